The number of β-amino-alcohol motifs (C(OH)–C–C–N with tert-alkyl or cyclic N) is 1. The van der Waals surface area contributed by atoms with E-state index in [1.54, 1.807) is 4.90 Å². The Bertz CT molecular complexity index is 506. The summed E-state index contributed by atoms with van der Waals surface area (Å²) < 4.78 is 0. The second kappa shape index (κ2) is 6.13. The normalized spacial score (nSPS) is 21.3. The topological polar surface area (TPSA) is 47.0 Å². The number of aliphatic hydroxyl groups is 1. The molecule has 1 aromatic carbocycles. The Morgan fingerprint density at radius 3 is 2.62 bits per heavy atom. The standard InChI is InChI=1S/C16H23N3O2/c1-17-5-7-18(8-6-17)10-13-3-2-4-14(9-13)16(21)19-11-15(20)12-19/h2-4,9,15,20H,5-8,10-12H2,1H3. The smallest absolute Gasteiger partial charge is 0.254 e. The zero-order valence-electron chi connectivity index (χ0n) is 12.5. The first kappa shape index (κ1) is 14.5. The number of carbonyl (C=O) groups excluding carboxylic acids is 1. The van der Waals surface area contributed by atoms with E-state index in [0.717, 1.165) is 38.3 Å². The van der Waals surface area contributed by atoms with Gasteiger partial charge in [-0.15, -0.1) is 0 Å². The van der Waals surface area contributed by atoms with Gasteiger partial charge in [0.15, 0.2) is 0 Å². The van der Waals surface area contributed by atoms with Crippen molar-refractivity contribution in [1.29, 1.82) is 0 Å². The Kier molecular flexibility index (Phi) is 4.24. The van der Waals surface area contributed by atoms with Gasteiger partial charge in [0.1, 0.15) is 0 Å². The third-order valence-corrected chi connectivity index (χ3v) is 4.33. The summed E-state index contributed by atoms with van der Waals surface area (Å²) >= 11 is 0. The van der Waals surface area contributed by atoms with E-state index in [1.807, 2.05) is 18.2 Å². The molecule has 0 atom stereocenters. The molecular weight excluding hydrogens is 266 g/mol. The quantitative estimate of drug-likeness (QED) is 0.866. The molecule has 0 aliphatic carbocycles. The van der Waals surface area contributed by atoms with Crippen molar-refractivity contribution >= 4 is 5.91 Å². The van der Waals surface area contributed by atoms with Crippen molar-refractivity contribution in [3.8, 4) is 0 Å². The number of amides is 1. The van der Waals surface area contributed by atoms with E-state index >= 15 is 0 Å². The first-order valence-corrected chi connectivity index (χ1v) is 7.59. The second-order valence-electron chi connectivity index (χ2n) is 6.14. The van der Waals surface area contributed by atoms with Crippen molar-refractivity contribution in [1.82, 2.24) is 14.7 Å². The van der Waals surface area contributed by atoms with Crippen molar-refractivity contribution in [2.24, 2.45) is 0 Å². The Morgan fingerprint density at radius 1 is 1.24 bits per heavy atom. The van der Waals surface area contributed by atoms with E-state index in [1.165, 1.54) is 5.56 Å². The van der Waals surface area contributed by atoms with Crippen LogP contribution >= 0.6 is 0 Å². The zero-order chi connectivity index (χ0) is 14.8. The van der Waals surface area contributed by atoms with Gasteiger partial charge in [-0.25, -0.2) is 0 Å². The predicted molar refractivity (Wildman–Crippen MR) is 81.1 cm³/mol. The molecule has 3 rings (SSSR count). The highest BCUT2D eigenvalue weighted by molar-refractivity contribution is 5.95. The van der Waals surface area contributed by atoms with E-state index in [-0.39, 0.29) is 12.0 Å². The van der Waals surface area contributed by atoms with Crippen LogP contribution in [-0.2, 0) is 6.54 Å². The molecule has 2 saturated heterocycles. The number of hydrogen-bond acceptors (Lipinski definition) is 4. The third-order valence-electron chi connectivity index (χ3n) is 4.33. The van der Waals surface area contributed by atoms with Crippen molar-refractivity contribution in [3.05, 3.63) is 35.4 Å². The van der Waals surface area contributed by atoms with E-state index in [2.05, 4.69) is 22.9 Å². The van der Waals surface area contributed by atoms with Crippen LogP contribution in [0.15, 0.2) is 24.3 Å². The Hall–Kier alpha value is -1.43. The monoisotopic (exact) mass is 289 g/mol. The summed E-state index contributed by atoms with van der Waals surface area (Å²) in [5, 5.41) is 9.30. The molecule has 2 aliphatic rings. The largest absolute Gasteiger partial charge is 0.389 e. The summed E-state index contributed by atoms with van der Waals surface area (Å²) in [4.78, 5) is 18.7. The van der Waals surface area contributed by atoms with Crippen LogP contribution in [0.2, 0.25) is 0 Å². The highest BCUT2D eigenvalue weighted by Gasteiger charge is 2.29. The van der Waals surface area contributed by atoms with Crippen LogP contribution < -0.4 is 0 Å². The maximum absolute atomic E-state index is 12.3. The van der Waals surface area contributed by atoms with Crippen molar-refractivity contribution in [2.45, 2.75) is 12.6 Å². The van der Waals surface area contributed by atoms with E-state index in [0.29, 0.717) is 13.1 Å². The summed E-state index contributed by atoms with van der Waals surface area (Å²) in [6.45, 7) is 6.18. The summed E-state index contributed by atoms with van der Waals surface area (Å²) in [5.41, 5.74) is 1.92. The van der Waals surface area contributed by atoms with Crippen LogP contribution in [0, 0.1) is 0 Å². The molecule has 2 aliphatic heterocycles. The fourth-order valence-corrected chi connectivity index (χ4v) is 2.87. The lowest BCUT2D eigenvalue weighted by Crippen LogP contribution is -2.53. The molecule has 0 aromatic heterocycles. The number of carbonyl (C=O) groups is 1. The minimum atomic E-state index is -0.345. The molecule has 5 nitrogen and oxygen atoms in total. The lowest BCUT2D eigenvalue weighted by Gasteiger charge is -2.36. The maximum Gasteiger partial charge on any atom is 0.254 e. The fraction of sp³-hybridized carbons (Fsp3) is 0.562. The van der Waals surface area contributed by atoms with Gasteiger partial charge in [0, 0.05) is 51.4 Å². The van der Waals surface area contributed by atoms with Crippen LogP contribution in [0.5, 0.6) is 0 Å². The molecule has 2 heterocycles. The highest BCUT2D eigenvalue weighted by atomic mass is 16.3. The third kappa shape index (κ3) is 3.43. The van der Waals surface area contributed by atoms with Gasteiger partial charge in [0.2, 0.25) is 0 Å². The Labute approximate surface area is 125 Å². The number of piperazine rings is 1. The molecule has 114 valence electrons. The average molecular weight is 289 g/mol. The molecule has 0 spiro atoms. The van der Waals surface area contributed by atoms with Gasteiger partial charge in [-0.2, -0.15) is 0 Å². The molecule has 21 heavy (non-hydrogen) atoms. The Balaban J connectivity index is 1.62. The van der Waals surface area contributed by atoms with Gasteiger partial charge in [-0.3, -0.25) is 9.69 Å². The van der Waals surface area contributed by atoms with Gasteiger partial charge in [0.25, 0.3) is 5.91 Å². The van der Waals surface area contributed by atoms with Crippen molar-refractivity contribution in [3.63, 3.8) is 0 Å². The van der Waals surface area contributed by atoms with Gasteiger partial charge < -0.3 is 14.9 Å². The number of hydrogen-bond donors (Lipinski definition) is 1. The zero-order valence-corrected chi connectivity index (χ0v) is 12.5. The first-order chi connectivity index (χ1) is 10.1. The number of aliphatic hydroxyl groups excluding tert-OH is 1. The van der Waals surface area contributed by atoms with Crippen molar-refractivity contribution in [2.75, 3.05) is 46.3 Å². The maximum atomic E-state index is 12.3. The molecule has 1 aromatic rings. The second-order valence-corrected chi connectivity index (χ2v) is 6.14. The molecule has 0 saturated carbocycles. The molecule has 0 radical (unpaired) electrons. The summed E-state index contributed by atoms with van der Waals surface area (Å²) in [5.74, 6) is 0.0283. The van der Waals surface area contributed by atoms with Gasteiger partial charge in [0.05, 0.1) is 6.10 Å². The van der Waals surface area contributed by atoms with Crippen molar-refractivity contribution < 1.29 is 9.90 Å². The number of benzene rings is 1. The summed E-state index contributed by atoms with van der Waals surface area (Å²) in [6, 6.07) is 7.89. The molecule has 0 unspecified atom stereocenters. The van der Waals surface area contributed by atoms with Crippen LogP contribution in [0.3, 0.4) is 0 Å². The van der Waals surface area contributed by atoms with Crippen LogP contribution in [-0.4, -0.2) is 78.1 Å². The lowest BCUT2D eigenvalue weighted by atomic mass is 10.1. The van der Waals surface area contributed by atoms with E-state index in [9.17, 15) is 9.90 Å². The number of likely N-dealkylation sites (tertiary alicyclic amines) is 1. The molecule has 5 heteroatoms. The molecule has 0 bridgehead atoms. The molecular formula is C16H23N3O2. The molecule has 2 fully saturated rings. The van der Waals surface area contributed by atoms with Gasteiger partial charge in [-0.05, 0) is 24.7 Å². The number of rotatable bonds is 3. The van der Waals surface area contributed by atoms with Gasteiger partial charge in [-0.1, -0.05) is 12.1 Å². The van der Waals surface area contributed by atoms with Crippen LogP contribution in [0.4, 0.5) is 0 Å². The summed E-state index contributed by atoms with van der Waals surface area (Å²) in [7, 11) is 2.15. The number of likely N-dealkylation sites (N-methyl/N-ethyl adjacent to an activating group) is 1. The summed E-state index contributed by atoms with van der Waals surface area (Å²) in [6.07, 6.45) is -0.345. The van der Waals surface area contributed by atoms with Crippen LogP contribution in [0.1, 0.15) is 15.9 Å². The first-order valence-electron chi connectivity index (χ1n) is 7.59. The minimum absolute atomic E-state index is 0.0283. The minimum Gasteiger partial charge on any atom is -0.389 e. The average Bonchev–Trinajstić information content (AvgIpc) is 2.46. The highest BCUT2D eigenvalue weighted by Crippen LogP contribution is 2.16. The molecule has 1 amide bonds. The lowest BCUT2D eigenvalue weighted by molar-refractivity contribution is 0.00588. The van der Waals surface area contributed by atoms with E-state index in [4.69, 9.17) is 0 Å². The molecule has 1 N–H and O–H groups in total. The van der Waals surface area contributed by atoms with Gasteiger partial charge >= 0.3 is 0 Å². The SMILES string of the molecule is CN1CCN(Cc2cccc(C(=O)N3CC(O)C3)c2)CC1. The number of nitrogens with zero attached hydrogens (tertiary/aromatic N) is 3. The predicted octanol–water partition coefficient (Wildman–Crippen LogP) is 0.251. The van der Waals surface area contributed by atoms with E-state index < -0.39 is 0 Å². The van der Waals surface area contributed by atoms with Crippen LogP contribution in [0.25, 0.3) is 0 Å². The fourth-order valence-electron chi connectivity index (χ4n) is 2.87. The Morgan fingerprint density at radius 2 is 1.95 bits per heavy atom.